The van der Waals surface area contributed by atoms with Crippen LogP contribution in [0, 0.1) is 12.7 Å². The minimum atomic E-state index is -1.24. The van der Waals surface area contributed by atoms with E-state index in [2.05, 4.69) is 0 Å². The molecule has 4 nitrogen and oxygen atoms in total. The molecule has 0 saturated heterocycles. The van der Waals surface area contributed by atoms with E-state index in [4.69, 9.17) is 16.3 Å². The van der Waals surface area contributed by atoms with Crippen LogP contribution in [-0.2, 0) is 4.79 Å². The number of rotatable bonds is 4. The van der Waals surface area contributed by atoms with E-state index in [1.54, 1.807) is 6.92 Å². The number of aryl methyl sites for hydroxylation is 1. The minimum absolute atomic E-state index is 0.0457. The third-order valence-electron chi connectivity index (χ3n) is 3.34. The monoisotopic (exact) mass is 336 g/mol. The van der Waals surface area contributed by atoms with Gasteiger partial charge in [-0.25, -0.2) is 9.18 Å². The first kappa shape index (κ1) is 16.8. The Bertz CT molecular complexity index is 799. The normalized spacial score (nSPS) is 11.4. The summed E-state index contributed by atoms with van der Waals surface area (Å²) in [6.07, 6.45) is 1.27. The molecule has 0 radical (unpaired) electrons. The number of benzene rings is 2. The Hall–Kier alpha value is -2.53. The summed E-state index contributed by atoms with van der Waals surface area (Å²) in [7, 11) is 1.37. The van der Waals surface area contributed by atoms with E-state index in [0.29, 0.717) is 5.56 Å². The highest BCUT2D eigenvalue weighted by Crippen LogP contribution is 2.37. The first-order valence-electron chi connectivity index (χ1n) is 6.62. The molecular weight excluding hydrogens is 323 g/mol. The fraction of sp³-hybridized carbons (Fsp3) is 0.118. The highest BCUT2D eigenvalue weighted by molar-refractivity contribution is 6.34. The number of hydrogen-bond acceptors (Lipinski definition) is 3. The molecule has 0 saturated carbocycles. The highest BCUT2D eigenvalue weighted by atomic mass is 35.5. The van der Waals surface area contributed by atoms with Crippen molar-refractivity contribution in [3.8, 4) is 11.5 Å². The average molecular weight is 337 g/mol. The summed E-state index contributed by atoms with van der Waals surface area (Å²) in [5, 5.41) is 19.2. The van der Waals surface area contributed by atoms with Crippen molar-refractivity contribution >= 4 is 29.2 Å². The zero-order valence-electron chi connectivity index (χ0n) is 12.4. The largest absolute Gasteiger partial charge is 0.503 e. The van der Waals surface area contributed by atoms with Crippen LogP contribution in [0.1, 0.15) is 16.7 Å². The van der Waals surface area contributed by atoms with Gasteiger partial charge in [-0.3, -0.25) is 0 Å². The van der Waals surface area contributed by atoms with Gasteiger partial charge in [0, 0.05) is 0 Å². The molecule has 0 heterocycles. The molecule has 0 aliphatic heterocycles. The van der Waals surface area contributed by atoms with Gasteiger partial charge in [-0.2, -0.15) is 0 Å². The molecule has 23 heavy (non-hydrogen) atoms. The van der Waals surface area contributed by atoms with Crippen molar-refractivity contribution < 1.29 is 24.1 Å². The minimum Gasteiger partial charge on any atom is -0.503 e. The SMILES string of the molecule is COc1ccc(/C=C(\C(=O)O)c2ccc(C)c(F)c2)c(Cl)c1O. The van der Waals surface area contributed by atoms with E-state index >= 15 is 0 Å². The van der Waals surface area contributed by atoms with Gasteiger partial charge >= 0.3 is 5.97 Å². The van der Waals surface area contributed by atoms with Gasteiger partial charge in [-0.05, 0) is 47.9 Å². The quantitative estimate of drug-likeness (QED) is 0.651. The standard InChI is InChI=1S/C17H14ClFO4/c1-9-3-4-10(8-13(9)19)12(17(21)22)7-11-5-6-14(23-2)16(20)15(11)18/h3-8,20H,1-2H3,(H,21,22)/b12-7-. The van der Waals surface area contributed by atoms with Crippen LogP contribution in [0.4, 0.5) is 4.39 Å². The van der Waals surface area contributed by atoms with Gasteiger partial charge in [0.25, 0.3) is 0 Å². The van der Waals surface area contributed by atoms with Crippen molar-refractivity contribution in [1.29, 1.82) is 0 Å². The van der Waals surface area contributed by atoms with E-state index in [1.807, 2.05) is 0 Å². The Morgan fingerprint density at radius 2 is 2.00 bits per heavy atom. The lowest BCUT2D eigenvalue weighted by Gasteiger charge is -2.09. The third kappa shape index (κ3) is 3.46. The Morgan fingerprint density at radius 1 is 1.30 bits per heavy atom. The van der Waals surface area contributed by atoms with Gasteiger partial charge in [0.2, 0.25) is 0 Å². The van der Waals surface area contributed by atoms with Crippen molar-refractivity contribution in [1.82, 2.24) is 0 Å². The maximum Gasteiger partial charge on any atom is 0.336 e. The molecule has 2 aromatic rings. The lowest BCUT2D eigenvalue weighted by atomic mass is 10.0. The third-order valence-corrected chi connectivity index (χ3v) is 3.74. The summed E-state index contributed by atoms with van der Waals surface area (Å²) >= 11 is 6.03. The number of carboxylic acid groups (broad SMARTS) is 1. The number of hydrogen-bond donors (Lipinski definition) is 2. The van der Waals surface area contributed by atoms with Gasteiger partial charge in [-0.1, -0.05) is 23.7 Å². The Morgan fingerprint density at radius 3 is 2.57 bits per heavy atom. The van der Waals surface area contributed by atoms with Crippen molar-refractivity contribution in [2.45, 2.75) is 6.92 Å². The fourth-order valence-corrected chi connectivity index (χ4v) is 2.23. The maximum absolute atomic E-state index is 13.7. The number of halogens is 2. The van der Waals surface area contributed by atoms with E-state index in [1.165, 1.54) is 37.5 Å². The molecule has 0 aliphatic carbocycles. The van der Waals surface area contributed by atoms with Gasteiger partial charge < -0.3 is 14.9 Å². The molecule has 0 fully saturated rings. The predicted molar refractivity (Wildman–Crippen MR) is 86.3 cm³/mol. The molecule has 6 heteroatoms. The first-order chi connectivity index (χ1) is 10.8. The number of phenols is 1. The Kier molecular flexibility index (Phi) is 4.91. The molecular formula is C17H14ClFO4. The number of methoxy groups -OCH3 is 1. The lowest BCUT2D eigenvalue weighted by molar-refractivity contribution is -0.130. The zero-order valence-corrected chi connectivity index (χ0v) is 13.2. The summed E-state index contributed by atoms with van der Waals surface area (Å²) in [5.41, 5.74) is 0.754. The van der Waals surface area contributed by atoms with Gasteiger partial charge in [0.05, 0.1) is 17.7 Å². The second kappa shape index (κ2) is 6.71. The molecule has 0 atom stereocenters. The molecule has 0 aromatic heterocycles. The van der Waals surface area contributed by atoms with Crippen LogP contribution >= 0.6 is 11.6 Å². The predicted octanol–water partition coefficient (Wildman–Crippen LogP) is 4.13. The van der Waals surface area contributed by atoms with Crippen LogP contribution in [0.5, 0.6) is 11.5 Å². The average Bonchev–Trinajstić information content (AvgIpc) is 2.51. The molecule has 0 amide bonds. The summed E-state index contributed by atoms with van der Waals surface area (Å²) in [6, 6.07) is 7.12. The lowest BCUT2D eigenvalue weighted by Crippen LogP contribution is -2.01. The second-order valence-electron chi connectivity index (χ2n) is 4.85. The van der Waals surface area contributed by atoms with Crippen LogP contribution < -0.4 is 4.74 Å². The number of carboxylic acids is 1. The van der Waals surface area contributed by atoms with Gasteiger partial charge in [-0.15, -0.1) is 0 Å². The molecule has 2 aromatic carbocycles. The van der Waals surface area contributed by atoms with Gasteiger partial charge in [0.15, 0.2) is 11.5 Å². The topological polar surface area (TPSA) is 66.8 Å². The maximum atomic E-state index is 13.7. The van der Waals surface area contributed by atoms with Crippen molar-refractivity contribution in [2.24, 2.45) is 0 Å². The summed E-state index contributed by atoms with van der Waals surface area (Å²) in [4.78, 5) is 11.5. The van der Waals surface area contributed by atoms with E-state index in [0.717, 1.165) is 6.07 Å². The Labute approximate surface area is 137 Å². The molecule has 0 aliphatic rings. The van der Waals surface area contributed by atoms with Crippen LogP contribution in [0.2, 0.25) is 5.02 Å². The van der Waals surface area contributed by atoms with Crippen LogP contribution in [-0.4, -0.2) is 23.3 Å². The van der Waals surface area contributed by atoms with Gasteiger partial charge in [0.1, 0.15) is 5.82 Å². The molecule has 0 spiro atoms. The van der Waals surface area contributed by atoms with Crippen LogP contribution in [0.25, 0.3) is 11.6 Å². The zero-order chi connectivity index (χ0) is 17.1. The van der Waals surface area contributed by atoms with E-state index in [-0.39, 0.29) is 33.2 Å². The summed E-state index contributed by atoms with van der Waals surface area (Å²) < 4.78 is 18.6. The number of aromatic hydroxyl groups is 1. The summed E-state index contributed by atoms with van der Waals surface area (Å²) in [5.74, 6) is -1.86. The molecule has 0 unspecified atom stereocenters. The number of carbonyl (C=O) groups is 1. The summed E-state index contributed by atoms with van der Waals surface area (Å²) in [6.45, 7) is 1.58. The highest BCUT2D eigenvalue weighted by Gasteiger charge is 2.15. The first-order valence-corrected chi connectivity index (χ1v) is 7.00. The van der Waals surface area contributed by atoms with Crippen molar-refractivity contribution in [2.75, 3.05) is 7.11 Å². The van der Waals surface area contributed by atoms with Crippen LogP contribution in [0.15, 0.2) is 30.3 Å². The van der Waals surface area contributed by atoms with E-state index in [9.17, 15) is 19.4 Å². The molecule has 2 N–H and O–H groups in total. The smallest absolute Gasteiger partial charge is 0.336 e. The molecule has 2 rings (SSSR count). The number of phenolic OH excluding ortho intramolecular Hbond substituents is 1. The van der Waals surface area contributed by atoms with Crippen molar-refractivity contribution in [3.05, 3.63) is 57.9 Å². The molecule has 120 valence electrons. The number of aliphatic carboxylic acids is 1. The van der Waals surface area contributed by atoms with E-state index < -0.39 is 11.8 Å². The number of ether oxygens (including phenoxy) is 1. The van der Waals surface area contributed by atoms with Crippen molar-refractivity contribution in [3.63, 3.8) is 0 Å². The fourth-order valence-electron chi connectivity index (χ4n) is 2.02. The Balaban J connectivity index is 2.58. The van der Waals surface area contributed by atoms with Crippen LogP contribution in [0.3, 0.4) is 0 Å². The molecule has 0 bridgehead atoms. The second-order valence-corrected chi connectivity index (χ2v) is 5.22.